The zero-order chi connectivity index (χ0) is 39.8. The molecule has 0 atom stereocenters. The Kier molecular flexibility index (Phi) is 8.87. The average molecular weight is 766 g/mol. The lowest BCUT2D eigenvalue weighted by Crippen LogP contribution is -2.11. The van der Waals surface area contributed by atoms with Gasteiger partial charge in [0.1, 0.15) is 11.2 Å². The molecule has 2 heteroatoms. The molecule has 282 valence electrons. The van der Waals surface area contributed by atoms with Gasteiger partial charge in [-0.05, 0) is 115 Å². The smallest absolute Gasteiger partial charge is 0.136 e. The molecular weight excluding hydrogens is 727 g/mol. The van der Waals surface area contributed by atoms with E-state index in [1.54, 1.807) is 0 Å². The summed E-state index contributed by atoms with van der Waals surface area (Å²) in [6, 6.07) is 84.8. The van der Waals surface area contributed by atoms with Crippen LogP contribution in [-0.2, 0) is 0 Å². The molecule has 1 heterocycles. The van der Waals surface area contributed by atoms with Gasteiger partial charge in [0.05, 0.1) is 5.69 Å². The molecular formula is C58H39NO. The fourth-order valence-corrected chi connectivity index (χ4v) is 8.75. The molecule has 0 aliphatic rings. The van der Waals surface area contributed by atoms with Crippen molar-refractivity contribution in [2.24, 2.45) is 0 Å². The summed E-state index contributed by atoms with van der Waals surface area (Å²) < 4.78 is 6.56. The fraction of sp³-hybridized carbons (Fsp3) is 0. The van der Waals surface area contributed by atoms with E-state index in [0.29, 0.717) is 0 Å². The highest BCUT2D eigenvalue weighted by Crippen LogP contribution is 2.46. The maximum absolute atomic E-state index is 6.56. The molecule has 60 heavy (non-hydrogen) atoms. The van der Waals surface area contributed by atoms with E-state index >= 15 is 0 Å². The van der Waals surface area contributed by atoms with E-state index in [2.05, 4.69) is 241 Å². The third-order valence-corrected chi connectivity index (χ3v) is 11.7. The van der Waals surface area contributed by atoms with E-state index in [1.165, 1.54) is 49.7 Å². The predicted octanol–water partition coefficient (Wildman–Crippen LogP) is 16.5. The molecule has 0 aliphatic heterocycles. The van der Waals surface area contributed by atoms with Crippen molar-refractivity contribution in [2.75, 3.05) is 4.90 Å². The van der Waals surface area contributed by atoms with Gasteiger partial charge in [-0.1, -0.05) is 182 Å². The van der Waals surface area contributed by atoms with Crippen molar-refractivity contribution in [3.63, 3.8) is 0 Å². The molecule has 0 aliphatic carbocycles. The van der Waals surface area contributed by atoms with E-state index in [-0.39, 0.29) is 0 Å². The second-order valence-corrected chi connectivity index (χ2v) is 15.3. The Labute approximate surface area is 349 Å². The van der Waals surface area contributed by atoms with Crippen molar-refractivity contribution in [3.05, 3.63) is 237 Å². The number of anilines is 3. The van der Waals surface area contributed by atoms with Crippen LogP contribution in [0.4, 0.5) is 17.1 Å². The Morgan fingerprint density at radius 3 is 1.45 bits per heavy atom. The largest absolute Gasteiger partial charge is 0.456 e. The van der Waals surface area contributed by atoms with E-state index in [1.807, 2.05) is 0 Å². The predicted molar refractivity (Wildman–Crippen MR) is 253 cm³/mol. The molecule has 0 bridgehead atoms. The Bertz CT molecular complexity index is 3280. The van der Waals surface area contributed by atoms with Gasteiger partial charge < -0.3 is 9.32 Å². The van der Waals surface area contributed by atoms with Crippen molar-refractivity contribution in [2.45, 2.75) is 0 Å². The van der Waals surface area contributed by atoms with Gasteiger partial charge in [0.15, 0.2) is 0 Å². The summed E-state index contributed by atoms with van der Waals surface area (Å²) in [5, 5.41) is 4.60. The van der Waals surface area contributed by atoms with Crippen LogP contribution in [0.2, 0.25) is 0 Å². The third kappa shape index (κ3) is 6.41. The molecule has 10 aromatic carbocycles. The van der Waals surface area contributed by atoms with E-state index < -0.39 is 0 Å². The Morgan fingerprint density at radius 1 is 0.283 bits per heavy atom. The monoisotopic (exact) mass is 765 g/mol. The van der Waals surface area contributed by atoms with Gasteiger partial charge in [-0.25, -0.2) is 0 Å². The summed E-state index contributed by atoms with van der Waals surface area (Å²) in [4.78, 5) is 2.39. The number of fused-ring (bicyclic) bond motifs is 4. The van der Waals surface area contributed by atoms with Crippen LogP contribution in [0, 0.1) is 0 Å². The van der Waals surface area contributed by atoms with Gasteiger partial charge in [-0.15, -0.1) is 0 Å². The Balaban J connectivity index is 1.05. The van der Waals surface area contributed by atoms with E-state index in [4.69, 9.17) is 4.42 Å². The van der Waals surface area contributed by atoms with Crippen LogP contribution in [0.25, 0.3) is 88.3 Å². The van der Waals surface area contributed by atoms with Crippen LogP contribution in [0.15, 0.2) is 241 Å². The minimum atomic E-state index is 0.879. The van der Waals surface area contributed by atoms with Gasteiger partial charge in [0.25, 0.3) is 0 Å². The Morgan fingerprint density at radius 2 is 0.783 bits per heavy atom. The standard InChI is InChI=1S/C58H39NO/c1-4-15-40(16-5-1)41-27-32-48(33-28-41)59(49-34-29-42(30-35-49)47-31-36-50(43-17-6-2-7-18-43)53(37-47)44-19-8-3-9-20-44)55-25-13-12-23-51(55)52-24-14-26-56-58(52)54-38-45-21-10-11-22-46(45)39-57(54)60-56/h1-39H. The molecule has 0 fully saturated rings. The summed E-state index contributed by atoms with van der Waals surface area (Å²) in [5.74, 6) is 0. The summed E-state index contributed by atoms with van der Waals surface area (Å²) in [6.45, 7) is 0. The highest BCUT2D eigenvalue weighted by molar-refractivity contribution is 6.16. The van der Waals surface area contributed by atoms with Crippen LogP contribution in [0.3, 0.4) is 0 Å². The molecule has 0 saturated carbocycles. The number of nitrogens with zero attached hydrogens (tertiary/aromatic N) is 1. The molecule has 0 N–H and O–H groups in total. The van der Waals surface area contributed by atoms with E-state index in [9.17, 15) is 0 Å². The molecule has 2 nitrogen and oxygen atoms in total. The molecule has 1 aromatic heterocycles. The number of hydrogen-bond acceptors (Lipinski definition) is 2. The lowest BCUT2D eigenvalue weighted by Gasteiger charge is -2.28. The minimum absolute atomic E-state index is 0.879. The maximum atomic E-state index is 6.56. The molecule has 11 rings (SSSR count). The minimum Gasteiger partial charge on any atom is -0.456 e. The third-order valence-electron chi connectivity index (χ3n) is 11.7. The number of benzene rings is 10. The quantitative estimate of drug-likeness (QED) is 0.153. The van der Waals surface area contributed by atoms with Crippen LogP contribution in [0.1, 0.15) is 0 Å². The first-order chi connectivity index (χ1) is 29.7. The summed E-state index contributed by atoms with van der Waals surface area (Å²) in [7, 11) is 0. The SMILES string of the molecule is c1ccc(-c2ccc(N(c3ccc(-c4ccc(-c5ccccc5)c(-c5ccccc5)c4)cc3)c3ccccc3-c3cccc4oc5cc6ccccc6cc5c34)cc2)cc1. The lowest BCUT2D eigenvalue weighted by atomic mass is 9.91. The molecule has 0 unspecified atom stereocenters. The topological polar surface area (TPSA) is 16.4 Å². The zero-order valence-electron chi connectivity index (χ0n) is 32.9. The van der Waals surface area contributed by atoms with E-state index in [0.717, 1.165) is 55.7 Å². The molecule has 0 radical (unpaired) electrons. The molecule has 0 spiro atoms. The van der Waals surface area contributed by atoms with Crippen molar-refractivity contribution >= 4 is 49.8 Å². The van der Waals surface area contributed by atoms with Crippen LogP contribution in [-0.4, -0.2) is 0 Å². The first-order valence-electron chi connectivity index (χ1n) is 20.5. The van der Waals surface area contributed by atoms with Crippen LogP contribution >= 0.6 is 0 Å². The Hall–Kier alpha value is -7.94. The van der Waals surface area contributed by atoms with Gasteiger partial charge in [0, 0.05) is 27.7 Å². The fourth-order valence-electron chi connectivity index (χ4n) is 8.75. The number of furan rings is 1. The number of para-hydroxylation sites is 1. The highest BCUT2D eigenvalue weighted by atomic mass is 16.3. The van der Waals surface area contributed by atoms with Crippen molar-refractivity contribution in [1.29, 1.82) is 0 Å². The molecule has 11 aromatic rings. The normalized spacial score (nSPS) is 11.3. The number of rotatable bonds is 8. The van der Waals surface area contributed by atoms with Gasteiger partial charge in [-0.3, -0.25) is 0 Å². The van der Waals surface area contributed by atoms with Crippen LogP contribution in [0.5, 0.6) is 0 Å². The molecule has 0 saturated heterocycles. The number of hydrogen-bond donors (Lipinski definition) is 0. The lowest BCUT2D eigenvalue weighted by molar-refractivity contribution is 0.669. The second-order valence-electron chi connectivity index (χ2n) is 15.3. The van der Waals surface area contributed by atoms with Crippen molar-refractivity contribution < 1.29 is 4.42 Å². The summed E-state index contributed by atoms with van der Waals surface area (Å²) >= 11 is 0. The average Bonchev–Trinajstić information content (AvgIpc) is 3.70. The maximum Gasteiger partial charge on any atom is 0.136 e. The van der Waals surface area contributed by atoms with Crippen LogP contribution < -0.4 is 4.90 Å². The summed E-state index contributed by atoms with van der Waals surface area (Å²) in [5.41, 5.74) is 16.8. The van der Waals surface area contributed by atoms with Gasteiger partial charge in [0.2, 0.25) is 0 Å². The van der Waals surface area contributed by atoms with Gasteiger partial charge >= 0.3 is 0 Å². The zero-order valence-corrected chi connectivity index (χ0v) is 32.9. The second kappa shape index (κ2) is 15.1. The van der Waals surface area contributed by atoms with Gasteiger partial charge in [-0.2, -0.15) is 0 Å². The molecule has 0 amide bonds. The highest BCUT2D eigenvalue weighted by Gasteiger charge is 2.21. The van der Waals surface area contributed by atoms with Crippen molar-refractivity contribution in [3.8, 4) is 55.6 Å². The summed E-state index contributed by atoms with van der Waals surface area (Å²) in [6.07, 6.45) is 0. The first-order valence-corrected chi connectivity index (χ1v) is 20.5. The first kappa shape index (κ1) is 35.2. The van der Waals surface area contributed by atoms with Crippen molar-refractivity contribution in [1.82, 2.24) is 0 Å².